The van der Waals surface area contributed by atoms with Crippen LogP contribution in [0.1, 0.15) is 29.5 Å². The van der Waals surface area contributed by atoms with Crippen molar-refractivity contribution in [3.8, 4) is 5.40 Å². The van der Waals surface area contributed by atoms with Crippen LogP contribution >= 0.6 is 11.8 Å². The summed E-state index contributed by atoms with van der Waals surface area (Å²) in [5.41, 5.74) is 3.07. The first-order valence-corrected chi connectivity index (χ1v) is 10.6. The van der Waals surface area contributed by atoms with E-state index in [1.165, 1.54) is 0 Å². The van der Waals surface area contributed by atoms with Gasteiger partial charge in [0.25, 0.3) is 0 Å². The van der Waals surface area contributed by atoms with Crippen LogP contribution < -0.4 is 10.5 Å². The maximum Gasteiger partial charge on any atom is 0.238 e. The fourth-order valence-corrected chi connectivity index (χ4v) is 4.80. The molecule has 26 heavy (non-hydrogen) atoms. The average Bonchev–Trinajstić information content (AvgIpc) is 3.11. The van der Waals surface area contributed by atoms with Crippen molar-refractivity contribution in [3.05, 3.63) is 65.7 Å². The molecular weight excluding hydrogens is 366 g/mol. The Morgan fingerprint density at radius 3 is 2.65 bits per heavy atom. The largest absolute Gasteiger partial charge is 0.378 e. The van der Waals surface area contributed by atoms with Crippen LogP contribution in [0.25, 0.3) is 0 Å². The van der Waals surface area contributed by atoms with Crippen molar-refractivity contribution in [1.82, 2.24) is 0 Å². The zero-order valence-electron chi connectivity index (χ0n) is 13.8. The van der Waals surface area contributed by atoms with Gasteiger partial charge in [-0.05, 0) is 65.6 Å². The molecule has 132 valence electrons. The summed E-state index contributed by atoms with van der Waals surface area (Å²) in [5, 5.41) is 19.7. The molecule has 0 amide bonds. The van der Waals surface area contributed by atoms with Crippen molar-refractivity contribution in [1.29, 1.82) is 5.26 Å². The zero-order valence-corrected chi connectivity index (χ0v) is 15.4. The molecule has 0 fully saturated rings. The van der Waals surface area contributed by atoms with Crippen molar-refractivity contribution >= 4 is 27.5 Å². The number of benzene rings is 2. The van der Waals surface area contributed by atoms with Gasteiger partial charge in [-0.25, -0.2) is 13.6 Å². The molecule has 2 aliphatic rings. The van der Waals surface area contributed by atoms with Gasteiger partial charge in [0, 0.05) is 16.5 Å². The lowest BCUT2D eigenvalue weighted by atomic mass is 9.77. The summed E-state index contributed by atoms with van der Waals surface area (Å²) in [6, 6.07) is 13.2. The minimum atomic E-state index is -3.72. The maximum absolute atomic E-state index is 11.7. The van der Waals surface area contributed by atoms with Crippen LogP contribution in [-0.2, 0) is 10.0 Å². The van der Waals surface area contributed by atoms with Gasteiger partial charge in [0.05, 0.1) is 10.9 Å². The monoisotopic (exact) mass is 383 g/mol. The second-order valence-corrected chi connectivity index (χ2v) is 8.95. The molecule has 1 aliphatic heterocycles. The molecular formula is C19H17N3O2S2. The molecule has 3 N–H and O–H groups in total. The second kappa shape index (κ2) is 6.47. The topological polar surface area (TPSA) is 96.0 Å². The van der Waals surface area contributed by atoms with E-state index in [0.717, 1.165) is 39.9 Å². The maximum atomic E-state index is 11.7. The lowest BCUT2D eigenvalue weighted by Gasteiger charge is -2.37. The highest BCUT2D eigenvalue weighted by atomic mass is 32.2. The van der Waals surface area contributed by atoms with Gasteiger partial charge >= 0.3 is 0 Å². The van der Waals surface area contributed by atoms with Crippen molar-refractivity contribution < 1.29 is 8.42 Å². The molecule has 2 aromatic carbocycles. The Labute approximate surface area is 157 Å². The second-order valence-electron chi connectivity index (χ2n) is 6.53. The van der Waals surface area contributed by atoms with Gasteiger partial charge in [-0.2, -0.15) is 5.26 Å². The number of nitrogens with zero attached hydrogens (tertiary/aromatic N) is 1. The van der Waals surface area contributed by atoms with Crippen molar-refractivity contribution in [3.63, 3.8) is 0 Å². The molecule has 1 heterocycles. The van der Waals surface area contributed by atoms with Gasteiger partial charge in [-0.1, -0.05) is 24.3 Å². The van der Waals surface area contributed by atoms with E-state index in [0.29, 0.717) is 5.92 Å². The highest BCUT2D eigenvalue weighted by molar-refractivity contribution is 8.03. The predicted octanol–water partition coefficient (Wildman–Crippen LogP) is 3.73. The van der Waals surface area contributed by atoms with Crippen LogP contribution in [0.4, 0.5) is 5.69 Å². The van der Waals surface area contributed by atoms with Crippen LogP contribution in [-0.4, -0.2) is 8.42 Å². The number of rotatable bonds is 3. The van der Waals surface area contributed by atoms with Crippen LogP contribution in [0, 0.1) is 16.6 Å². The van der Waals surface area contributed by atoms with E-state index in [4.69, 9.17) is 10.4 Å². The summed E-state index contributed by atoms with van der Waals surface area (Å²) < 4.78 is 23.4. The van der Waals surface area contributed by atoms with E-state index in [2.05, 4.69) is 35.0 Å². The summed E-state index contributed by atoms with van der Waals surface area (Å²) in [6.45, 7) is 0. The third-order valence-electron chi connectivity index (χ3n) is 5.07. The normalized spacial score (nSPS) is 23.6. The third-order valence-corrected chi connectivity index (χ3v) is 6.58. The Balaban J connectivity index is 1.72. The summed E-state index contributed by atoms with van der Waals surface area (Å²) in [6.07, 6.45) is 5.24. The fourth-order valence-electron chi connectivity index (χ4n) is 3.88. The molecule has 0 radical (unpaired) electrons. The zero-order chi connectivity index (χ0) is 18.3. The lowest BCUT2D eigenvalue weighted by molar-refractivity contribution is 0.425. The van der Waals surface area contributed by atoms with Crippen molar-refractivity contribution in [2.45, 2.75) is 28.2 Å². The number of thiocyanates is 1. The molecule has 0 spiro atoms. The molecule has 0 saturated heterocycles. The number of hydrogen-bond donors (Lipinski definition) is 2. The Morgan fingerprint density at radius 1 is 1.19 bits per heavy atom. The molecule has 1 aliphatic carbocycles. The number of nitriles is 1. The molecule has 7 heteroatoms. The van der Waals surface area contributed by atoms with E-state index in [1.54, 1.807) is 18.2 Å². The first-order valence-electron chi connectivity index (χ1n) is 8.23. The fraction of sp³-hybridized carbons (Fsp3) is 0.211. The quantitative estimate of drug-likeness (QED) is 0.478. The van der Waals surface area contributed by atoms with E-state index in [1.807, 2.05) is 12.1 Å². The van der Waals surface area contributed by atoms with E-state index < -0.39 is 10.0 Å². The third kappa shape index (κ3) is 3.01. The minimum absolute atomic E-state index is 0.129. The van der Waals surface area contributed by atoms with Gasteiger partial charge in [-0.3, -0.25) is 0 Å². The van der Waals surface area contributed by atoms with Crippen LogP contribution in [0.3, 0.4) is 0 Å². The molecule has 4 rings (SSSR count). The Kier molecular flexibility index (Phi) is 4.27. The number of sulfonamides is 1. The van der Waals surface area contributed by atoms with Crippen LogP contribution in [0.2, 0.25) is 0 Å². The Morgan fingerprint density at radius 2 is 1.96 bits per heavy atom. The van der Waals surface area contributed by atoms with Crippen LogP contribution in [0.15, 0.2) is 64.4 Å². The van der Waals surface area contributed by atoms with E-state index in [9.17, 15) is 8.42 Å². The Hall–Kier alpha value is -2.27. The molecule has 3 unspecified atom stereocenters. The van der Waals surface area contributed by atoms with Gasteiger partial charge in [0.2, 0.25) is 10.0 Å². The van der Waals surface area contributed by atoms with Gasteiger partial charge < -0.3 is 5.32 Å². The average molecular weight is 383 g/mol. The Bertz CT molecular complexity index is 1020. The molecule has 5 nitrogen and oxygen atoms in total. The van der Waals surface area contributed by atoms with Gasteiger partial charge in [0.15, 0.2) is 0 Å². The summed E-state index contributed by atoms with van der Waals surface area (Å²) in [5.74, 6) is 0.471. The number of allylic oxidation sites excluding steroid dienone is 2. The lowest BCUT2D eigenvalue weighted by Crippen LogP contribution is -2.29. The number of nitrogens with one attached hydrogen (secondary N) is 1. The van der Waals surface area contributed by atoms with Crippen molar-refractivity contribution in [2.24, 2.45) is 11.1 Å². The smallest absolute Gasteiger partial charge is 0.238 e. The number of thioether (sulfide) groups is 1. The SMILES string of the molecule is N#CSc1ccc(C2Nc3ccc(S(N)(=O)=O)cc3C3C=CCC32)cc1. The number of hydrogen-bond acceptors (Lipinski definition) is 5. The molecule has 0 aromatic heterocycles. The number of primary sulfonamides is 1. The molecule has 2 aromatic rings. The number of fused-ring (bicyclic) bond motifs is 3. The molecule has 0 saturated carbocycles. The molecule has 0 bridgehead atoms. The highest BCUT2D eigenvalue weighted by Crippen LogP contribution is 2.50. The number of nitrogens with two attached hydrogens (primary N) is 1. The van der Waals surface area contributed by atoms with Crippen LogP contribution in [0.5, 0.6) is 0 Å². The van der Waals surface area contributed by atoms with Crippen molar-refractivity contribution in [2.75, 3.05) is 5.32 Å². The minimum Gasteiger partial charge on any atom is -0.378 e. The predicted molar refractivity (Wildman–Crippen MR) is 102 cm³/mol. The van der Waals surface area contributed by atoms with Gasteiger partial charge in [0.1, 0.15) is 5.40 Å². The number of anilines is 1. The summed E-state index contributed by atoms with van der Waals surface area (Å²) in [4.78, 5) is 1.07. The summed E-state index contributed by atoms with van der Waals surface area (Å²) >= 11 is 1.15. The van der Waals surface area contributed by atoms with E-state index in [-0.39, 0.29) is 16.9 Å². The molecule has 3 atom stereocenters. The first-order chi connectivity index (χ1) is 12.5. The summed E-state index contributed by atoms with van der Waals surface area (Å²) in [7, 11) is -3.72. The van der Waals surface area contributed by atoms with Gasteiger partial charge in [-0.15, -0.1) is 0 Å². The van der Waals surface area contributed by atoms with E-state index >= 15 is 0 Å². The highest BCUT2D eigenvalue weighted by Gasteiger charge is 2.38. The standard InChI is InChI=1S/C19H17N3O2S2/c20-11-25-13-6-4-12(5-7-13)19-16-3-1-2-15(16)17-10-14(26(21,23)24)8-9-18(17)22-19/h1-2,4-10,15-16,19,22H,3H2,(H2,21,23,24). The first kappa shape index (κ1) is 17.2.